The number of aliphatic hydroxyl groups is 1. The van der Waals surface area contributed by atoms with Gasteiger partial charge >= 0.3 is 0 Å². The number of nitrogens with zero attached hydrogens (tertiary/aromatic N) is 5. The van der Waals surface area contributed by atoms with Crippen molar-refractivity contribution < 1.29 is 27.9 Å². The highest BCUT2D eigenvalue weighted by Crippen LogP contribution is 2.26. The first kappa shape index (κ1) is 27.4. The van der Waals surface area contributed by atoms with Gasteiger partial charge in [0.2, 0.25) is 17.7 Å². The van der Waals surface area contributed by atoms with E-state index in [9.17, 15) is 18.7 Å². The van der Waals surface area contributed by atoms with Gasteiger partial charge in [-0.15, -0.1) is 0 Å². The molecule has 204 valence electrons. The number of aryl methyl sites for hydroxylation is 1. The topological polar surface area (TPSA) is 126 Å². The minimum Gasteiger partial charge on any atom is -0.493 e. The Hall–Kier alpha value is -3.67. The zero-order valence-corrected chi connectivity index (χ0v) is 21.5. The molecule has 10 nitrogen and oxygen atoms in total. The summed E-state index contributed by atoms with van der Waals surface area (Å²) in [5, 5.41) is 15.5. The largest absolute Gasteiger partial charge is 0.493 e. The first-order valence-electron chi connectivity index (χ1n) is 12.8. The molecule has 2 N–H and O–H groups in total. The number of aliphatic hydroxyl groups excluding tert-OH is 1. The Morgan fingerprint density at radius 1 is 1.24 bits per heavy atom. The first-order valence-corrected chi connectivity index (χ1v) is 12.8. The van der Waals surface area contributed by atoms with Crippen LogP contribution in [0.4, 0.5) is 14.7 Å². The van der Waals surface area contributed by atoms with E-state index in [-0.39, 0.29) is 12.3 Å². The van der Waals surface area contributed by atoms with Gasteiger partial charge in [-0.1, -0.05) is 12.1 Å². The van der Waals surface area contributed by atoms with Crippen LogP contribution < -0.4 is 15.0 Å². The molecule has 1 saturated heterocycles. The lowest BCUT2D eigenvalue weighted by molar-refractivity contribution is 0.0915. The third-order valence-electron chi connectivity index (χ3n) is 6.39. The van der Waals surface area contributed by atoms with Gasteiger partial charge in [0.1, 0.15) is 22.9 Å². The average molecular weight is 531 g/mol. The Labute approximate surface area is 219 Å². The molecule has 1 atom stereocenters. The summed E-state index contributed by atoms with van der Waals surface area (Å²) in [6, 6.07) is 2.01. The number of piperidine rings is 1. The Bertz CT molecular complexity index is 1190. The van der Waals surface area contributed by atoms with E-state index < -0.39 is 29.2 Å². The number of hydrogen-bond acceptors (Lipinski definition) is 9. The van der Waals surface area contributed by atoms with Crippen molar-refractivity contribution >= 4 is 11.9 Å². The summed E-state index contributed by atoms with van der Waals surface area (Å²) in [7, 11) is 0. The number of nitrogens with one attached hydrogen (secondary N) is 1. The SMILES string of the molecule is CCc1nc(-c2cnc(N3CCC(CCCOc4cc(F)c(C(=O)NC[C@@H](C)O)c(F)c4)CC3)nc2)no1. The number of anilines is 1. The van der Waals surface area contributed by atoms with E-state index in [0.717, 1.165) is 50.9 Å². The molecular formula is C26H32F2N6O4. The van der Waals surface area contributed by atoms with Gasteiger partial charge in [0, 0.05) is 50.6 Å². The molecule has 1 fully saturated rings. The number of benzene rings is 1. The molecule has 12 heteroatoms. The van der Waals surface area contributed by atoms with E-state index in [1.165, 1.54) is 6.92 Å². The number of amides is 1. The van der Waals surface area contributed by atoms with Gasteiger partial charge in [-0.2, -0.15) is 4.98 Å². The van der Waals surface area contributed by atoms with Crippen LogP contribution in [0.5, 0.6) is 5.75 Å². The average Bonchev–Trinajstić information content (AvgIpc) is 3.39. The van der Waals surface area contributed by atoms with Gasteiger partial charge in [0.05, 0.1) is 18.3 Å². The fourth-order valence-corrected chi connectivity index (χ4v) is 4.28. The number of carbonyl (C=O) groups excluding carboxylic acids is 1. The van der Waals surface area contributed by atoms with E-state index in [1.807, 2.05) is 6.92 Å². The summed E-state index contributed by atoms with van der Waals surface area (Å²) in [6.07, 6.45) is 6.88. The third-order valence-corrected chi connectivity index (χ3v) is 6.39. The van der Waals surface area contributed by atoms with Gasteiger partial charge in [0.25, 0.3) is 5.91 Å². The van der Waals surface area contributed by atoms with Crippen molar-refractivity contribution in [2.24, 2.45) is 5.92 Å². The van der Waals surface area contributed by atoms with Crippen LogP contribution in [0.3, 0.4) is 0 Å². The maximum Gasteiger partial charge on any atom is 0.257 e. The van der Waals surface area contributed by atoms with Crippen LogP contribution in [-0.2, 0) is 6.42 Å². The highest BCUT2D eigenvalue weighted by atomic mass is 19.1. The summed E-state index contributed by atoms with van der Waals surface area (Å²) in [5.41, 5.74) is 0.0184. The first-order chi connectivity index (χ1) is 18.3. The van der Waals surface area contributed by atoms with Crippen molar-refractivity contribution in [2.75, 3.05) is 31.1 Å². The lowest BCUT2D eigenvalue weighted by Gasteiger charge is -2.32. The fraction of sp³-hybridized carbons (Fsp3) is 0.500. The summed E-state index contributed by atoms with van der Waals surface area (Å²) < 4.78 is 39.3. The van der Waals surface area contributed by atoms with Crippen LogP contribution in [0.25, 0.3) is 11.4 Å². The number of carbonyl (C=O) groups is 1. The molecule has 0 bridgehead atoms. The fourth-order valence-electron chi connectivity index (χ4n) is 4.28. The predicted octanol–water partition coefficient (Wildman–Crippen LogP) is 3.55. The molecule has 1 aromatic carbocycles. The van der Waals surface area contributed by atoms with Crippen molar-refractivity contribution in [3.63, 3.8) is 0 Å². The van der Waals surface area contributed by atoms with E-state index in [2.05, 4.69) is 30.3 Å². The summed E-state index contributed by atoms with van der Waals surface area (Å²) in [5.74, 6) is -0.665. The van der Waals surface area contributed by atoms with Crippen LogP contribution in [-0.4, -0.2) is 63.5 Å². The second-order valence-electron chi connectivity index (χ2n) is 9.38. The van der Waals surface area contributed by atoms with Crippen molar-refractivity contribution in [3.05, 3.63) is 47.6 Å². The van der Waals surface area contributed by atoms with Gasteiger partial charge in [0.15, 0.2) is 0 Å². The van der Waals surface area contributed by atoms with E-state index in [0.29, 0.717) is 42.2 Å². The zero-order chi connectivity index (χ0) is 27.1. The van der Waals surface area contributed by atoms with Crippen molar-refractivity contribution in [3.8, 4) is 17.1 Å². The van der Waals surface area contributed by atoms with E-state index >= 15 is 0 Å². The van der Waals surface area contributed by atoms with Crippen molar-refractivity contribution in [1.29, 1.82) is 0 Å². The molecule has 0 spiro atoms. The highest BCUT2D eigenvalue weighted by Gasteiger charge is 2.22. The maximum atomic E-state index is 14.3. The van der Waals surface area contributed by atoms with Gasteiger partial charge in [-0.3, -0.25) is 4.79 Å². The molecule has 0 saturated carbocycles. The molecule has 2 aromatic heterocycles. The second kappa shape index (κ2) is 12.7. The molecule has 0 radical (unpaired) electrons. The molecular weight excluding hydrogens is 498 g/mol. The summed E-state index contributed by atoms with van der Waals surface area (Å²) in [6.45, 7) is 5.29. The molecule has 38 heavy (non-hydrogen) atoms. The molecule has 1 aliphatic heterocycles. The van der Waals surface area contributed by atoms with Crippen LogP contribution in [0.1, 0.15) is 55.8 Å². The Morgan fingerprint density at radius 2 is 1.92 bits per heavy atom. The normalized spacial score (nSPS) is 14.9. The molecule has 0 unspecified atom stereocenters. The number of ether oxygens (including phenoxy) is 1. The van der Waals surface area contributed by atoms with E-state index in [1.54, 1.807) is 12.4 Å². The van der Waals surface area contributed by atoms with Crippen molar-refractivity contribution in [1.82, 2.24) is 25.4 Å². The Morgan fingerprint density at radius 3 is 2.53 bits per heavy atom. The molecule has 3 heterocycles. The monoisotopic (exact) mass is 530 g/mol. The van der Waals surface area contributed by atoms with Crippen LogP contribution in [0.2, 0.25) is 0 Å². The minimum atomic E-state index is -1.01. The van der Waals surface area contributed by atoms with Gasteiger partial charge < -0.3 is 24.6 Å². The van der Waals surface area contributed by atoms with E-state index in [4.69, 9.17) is 9.26 Å². The van der Waals surface area contributed by atoms with Crippen LogP contribution in [0.15, 0.2) is 29.0 Å². The number of rotatable bonds is 11. The molecule has 1 amide bonds. The Kier molecular flexibility index (Phi) is 9.16. The highest BCUT2D eigenvalue weighted by molar-refractivity contribution is 5.94. The van der Waals surface area contributed by atoms with Crippen LogP contribution in [0, 0.1) is 17.6 Å². The predicted molar refractivity (Wildman–Crippen MR) is 135 cm³/mol. The smallest absolute Gasteiger partial charge is 0.257 e. The van der Waals surface area contributed by atoms with Crippen LogP contribution >= 0.6 is 0 Å². The molecule has 1 aliphatic rings. The van der Waals surface area contributed by atoms with Gasteiger partial charge in [-0.25, -0.2) is 18.7 Å². The standard InChI is InChI=1S/C26H32F2N6O4/c1-3-22-32-24(33-38-22)18-14-30-26(31-15-18)34-8-6-17(7-9-34)5-4-10-37-19-11-20(27)23(21(28)12-19)25(36)29-13-16(2)35/h11-12,14-17,35H,3-10,13H2,1-2H3,(H,29,36)/t16-/m1/s1. The molecule has 3 aromatic rings. The second-order valence-corrected chi connectivity index (χ2v) is 9.38. The number of hydrogen-bond donors (Lipinski definition) is 2. The zero-order valence-electron chi connectivity index (χ0n) is 21.5. The minimum absolute atomic E-state index is 0.0363. The quantitative estimate of drug-likeness (QED) is 0.358. The molecule has 0 aliphatic carbocycles. The van der Waals surface area contributed by atoms with Crippen molar-refractivity contribution in [2.45, 2.75) is 52.1 Å². The summed E-state index contributed by atoms with van der Waals surface area (Å²) >= 11 is 0. The number of aromatic nitrogens is 4. The number of halogens is 2. The Balaban J connectivity index is 1.19. The summed E-state index contributed by atoms with van der Waals surface area (Å²) in [4.78, 5) is 27.4. The lowest BCUT2D eigenvalue weighted by atomic mass is 9.92. The third kappa shape index (κ3) is 7.00. The lowest BCUT2D eigenvalue weighted by Crippen LogP contribution is -2.34. The molecule has 4 rings (SSSR count). The van der Waals surface area contributed by atoms with Gasteiger partial charge in [-0.05, 0) is 38.5 Å². The maximum absolute atomic E-state index is 14.3.